The molecule has 0 spiro atoms. The molecule has 1 heterocycles. The van der Waals surface area contributed by atoms with E-state index in [4.69, 9.17) is 15.2 Å². The molecule has 2 aliphatic rings. The zero-order valence-electron chi connectivity index (χ0n) is 9.67. The van der Waals surface area contributed by atoms with Crippen LogP contribution in [0.3, 0.4) is 0 Å². The summed E-state index contributed by atoms with van der Waals surface area (Å²) in [5, 5.41) is 0. The molecule has 3 rings (SSSR count). The van der Waals surface area contributed by atoms with E-state index < -0.39 is 0 Å². The molecule has 0 aromatic heterocycles. The molecule has 2 N–H and O–H groups in total. The molecule has 0 amide bonds. The van der Waals surface area contributed by atoms with Crippen LogP contribution in [0.15, 0.2) is 16.6 Å². The van der Waals surface area contributed by atoms with Gasteiger partial charge in [0.1, 0.15) is 0 Å². The van der Waals surface area contributed by atoms with Crippen molar-refractivity contribution in [2.24, 2.45) is 5.73 Å². The minimum absolute atomic E-state index is 0.0270. The predicted molar refractivity (Wildman–Crippen MR) is 69.6 cm³/mol. The number of fused-ring (bicyclic) bond motifs is 1. The van der Waals surface area contributed by atoms with Gasteiger partial charge in [-0.3, -0.25) is 0 Å². The molecule has 0 unspecified atom stereocenters. The SMILES string of the molecule is NC1(Cc2cc(Br)c3c(c2)OCCCO3)CC1. The molecule has 1 aromatic rings. The van der Waals surface area contributed by atoms with Gasteiger partial charge in [-0.25, -0.2) is 0 Å². The van der Waals surface area contributed by atoms with Crippen LogP contribution in [-0.4, -0.2) is 18.8 Å². The van der Waals surface area contributed by atoms with Crippen LogP contribution in [0.2, 0.25) is 0 Å². The lowest BCUT2D eigenvalue weighted by Gasteiger charge is -2.14. The van der Waals surface area contributed by atoms with Crippen molar-refractivity contribution < 1.29 is 9.47 Å². The monoisotopic (exact) mass is 297 g/mol. The highest BCUT2D eigenvalue weighted by molar-refractivity contribution is 9.10. The number of hydrogen-bond donors (Lipinski definition) is 1. The largest absolute Gasteiger partial charge is 0.490 e. The van der Waals surface area contributed by atoms with Crippen LogP contribution >= 0.6 is 15.9 Å². The van der Waals surface area contributed by atoms with Gasteiger partial charge in [0.05, 0.1) is 17.7 Å². The first-order valence-electron chi connectivity index (χ1n) is 6.03. The van der Waals surface area contributed by atoms with E-state index in [1.165, 1.54) is 5.56 Å². The van der Waals surface area contributed by atoms with Gasteiger partial charge in [-0.2, -0.15) is 0 Å². The predicted octanol–water partition coefficient (Wildman–Crippen LogP) is 2.64. The van der Waals surface area contributed by atoms with Crippen LogP contribution in [0, 0.1) is 0 Å². The molecular formula is C13H16BrNO2. The summed E-state index contributed by atoms with van der Waals surface area (Å²) in [6.45, 7) is 1.43. The zero-order chi connectivity index (χ0) is 11.9. The van der Waals surface area contributed by atoms with Crippen LogP contribution in [0.5, 0.6) is 11.5 Å². The van der Waals surface area contributed by atoms with Gasteiger partial charge in [0, 0.05) is 12.0 Å². The van der Waals surface area contributed by atoms with Gasteiger partial charge in [0.2, 0.25) is 0 Å². The van der Waals surface area contributed by atoms with Crippen LogP contribution in [0.1, 0.15) is 24.8 Å². The van der Waals surface area contributed by atoms with Crippen molar-refractivity contribution in [2.75, 3.05) is 13.2 Å². The van der Waals surface area contributed by atoms with Crippen LogP contribution in [-0.2, 0) is 6.42 Å². The molecule has 4 heteroatoms. The lowest BCUT2D eigenvalue weighted by Crippen LogP contribution is -2.24. The Hall–Kier alpha value is -0.740. The van der Waals surface area contributed by atoms with Crippen molar-refractivity contribution in [1.29, 1.82) is 0 Å². The van der Waals surface area contributed by atoms with Gasteiger partial charge in [-0.1, -0.05) is 0 Å². The molecule has 17 heavy (non-hydrogen) atoms. The molecule has 1 aromatic carbocycles. The molecule has 0 saturated heterocycles. The Morgan fingerprint density at radius 2 is 2.00 bits per heavy atom. The van der Waals surface area contributed by atoms with Crippen molar-refractivity contribution in [1.82, 2.24) is 0 Å². The fraction of sp³-hybridized carbons (Fsp3) is 0.538. The van der Waals surface area contributed by atoms with Gasteiger partial charge < -0.3 is 15.2 Å². The van der Waals surface area contributed by atoms with E-state index in [1.54, 1.807) is 0 Å². The first kappa shape index (κ1) is 11.4. The molecule has 1 aliphatic carbocycles. The summed E-state index contributed by atoms with van der Waals surface area (Å²) in [5.41, 5.74) is 7.40. The molecule has 1 saturated carbocycles. The normalized spacial score (nSPS) is 20.8. The van der Waals surface area contributed by atoms with Crippen molar-refractivity contribution >= 4 is 15.9 Å². The number of hydrogen-bond acceptors (Lipinski definition) is 3. The van der Waals surface area contributed by atoms with Gasteiger partial charge in [-0.15, -0.1) is 0 Å². The summed E-state index contributed by atoms with van der Waals surface area (Å²) in [7, 11) is 0. The third kappa shape index (κ3) is 2.43. The summed E-state index contributed by atoms with van der Waals surface area (Å²) in [5.74, 6) is 1.67. The van der Waals surface area contributed by atoms with Gasteiger partial charge >= 0.3 is 0 Å². The number of ether oxygens (including phenoxy) is 2. The smallest absolute Gasteiger partial charge is 0.175 e. The van der Waals surface area contributed by atoms with Crippen molar-refractivity contribution in [3.05, 3.63) is 22.2 Å². The minimum atomic E-state index is 0.0270. The average Bonchev–Trinajstić information content (AvgIpc) is 3.02. The Morgan fingerprint density at radius 1 is 1.24 bits per heavy atom. The number of nitrogens with two attached hydrogens (primary N) is 1. The van der Waals surface area contributed by atoms with Crippen molar-refractivity contribution in [3.8, 4) is 11.5 Å². The van der Waals surface area contributed by atoms with Gasteiger partial charge in [0.25, 0.3) is 0 Å². The highest BCUT2D eigenvalue weighted by Crippen LogP contribution is 2.41. The third-order valence-electron chi connectivity index (χ3n) is 3.31. The quantitative estimate of drug-likeness (QED) is 0.913. The van der Waals surface area contributed by atoms with E-state index in [9.17, 15) is 0 Å². The maximum atomic E-state index is 6.15. The Balaban J connectivity index is 1.91. The molecule has 3 nitrogen and oxygen atoms in total. The van der Waals surface area contributed by atoms with E-state index in [0.29, 0.717) is 6.61 Å². The lowest BCUT2D eigenvalue weighted by molar-refractivity contribution is 0.296. The van der Waals surface area contributed by atoms with Crippen LogP contribution < -0.4 is 15.2 Å². The second-order valence-electron chi connectivity index (χ2n) is 4.99. The second kappa shape index (κ2) is 4.18. The van der Waals surface area contributed by atoms with Crippen LogP contribution in [0.25, 0.3) is 0 Å². The maximum absolute atomic E-state index is 6.15. The molecular weight excluding hydrogens is 282 g/mol. The maximum Gasteiger partial charge on any atom is 0.175 e. The summed E-state index contributed by atoms with van der Waals surface area (Å²) < 4.78 is 12.4. The van der Waals surface area contributed by atoms with E-state index in [2.05, 4.69) is 28.1 Å². The minimum Gasteiger partial charge on any atom is -0.490 e. The molecule has 92 valence electrons. The first-order chi connectivity index (χ1) is 8.16. The highest BCUT2D eigenvalue weighted by atomic mass is 79.9. The van der Waals surface area contributed by atoms with E-state index in [-0.39, 0.29) is 5.54 Å². The lowest BCUT2D eigenvalue weighted by atomic mass is 10.0. The standard InChI is InChI=1S/C13H16BrNO2/c14-10-6-9(8-13(15)2-3-13)7-11-12(10)17-5-1-4-16-11/h6-7H,1-5,8,15H2. The highest BCUT2D eigenvalue weighted by Gasteiger charge is 2.38. The molecule has 1 aliphatic heterocycles. The summed E-state index contributed by atoms with van der Waals surface area (Å²) >= 11 is 3.55. The Labute approximate surface area is 109 Å². The van der Waals surface area contributed by atoms with Crippen molar-refractivity contribution in [2.45, 2.75) is 31.2 Å². The molecule has 1 fully saturated rings. The van der Waals surface area contributed by atoms with E-state index in [0.717, 1.165) is 48.3 Å². The summed E-state index contributed by atoms with van der Waals surface area (Å²) in [4.78, 5) is 0. The average molecular weight is 298 g/mol. The van der Waals surface area contributed by atoms with Gasteiger partial charge in [0.15, 0.2) is 11.5 Å². The Bertz CT molecular complexity index is 443. The zero-order valence-corrected chi connectivity index (χ0v) is 11.3. The molecule has 0 bridgehead atoms. The topological polar surface area (TPSA) is 44.5 Å². The van der Waals surface area contributed by atoms with Crippen LogP contribution in [0.4, 0.5) is 0 Å². The van der Waals surface area contributed by atoms with Crippen molar-refractivity contribution in [3.63, 3.8) is 0 Å². The summed E-state index contributed by atoms with van der Waals surface area (Å²) in [6, 6.07) is 4.17. The van der Waals surface area contributed by atoms with Gasteiger partial charge in [-0.05, 0) is 52.9 Å². The number of rotatable bonds is 2. The summed E-state index contributed by atoms with van der Waals surface area (Å²) in [6.07, 6.45) is 4.09. The molecule has 0 atom stereocenters. The molecule has 0 radical (unpaired) electrons. The Morgan fingerprint density at radius 3 is 2.76 bits per heavy atom. The fourth-order valence-electron chi connectivity index (χ4n) is 2.13. The third-order valence-corrected chi connectivity index (χ3v) is 3.90. The van der Waals surface area contributed by atoms with E-state index >= 15 is 0 Å². The number of benzene rings is 1. The first-order valence-corrected chi connectivity index (χ1v) is 6.83. The Kier molecular flexibility index (Phi) is 2.79. The number of halogens is 1. The fourth-order valence-corrected chi connectivity index (χ4v) is 2.73. The van der Waals surface area contributed by atoms with E-state index in [1.807, 2.05) is 0 Å². The second-order valence-corrected chi connectivity index (χ2v) is 5.85.